The quantitative estimate of drug-likeness (QED) is 0.538. The molecule has 0 aliphatic heterocycles. The van der Waals surface area contributed by atoms with Crippen LogP contribution in [0.1, 0.15) is 79.1 Å². The van der Waals surface area contributed by atoms with Gasteiger partial charge in [-0.15, -0.1) is 11.3 Å². The zero-order chi connectivity index (χ0) is 20.1. The number of thiophene rings is 1. The Morgan fingerprint density at radius 3 is 2.50 bits per heavy atom. The molecule has 7 heteroatoms. The molecule has 0 spiro atoms. The van der Waals surface area contributed by atoms with Gasteiger partial charge in [-0.25, -0.2) is 4.79 Å². The predicted octanol–water partition coefficient (Wildman–Crippen LogP) is 4.41. The molecule has 1 amide bonds. The van der Waals surface area contributed by atoms with Crippen molar-refractivity contribution in [3.8, 4) is 0 Å². The van der Waals surface area contributed by atoms with Gasteiger partial charge in [0.1, 0.15) is 5.00 Å². The largest absolute Gasteiger partial charge is 0.481 e. The van der Waals surface area contributed by atoms with E-state index >= 15 is 0 Å². The standard InChI is InChI=1S/C21H29NO5S/c1-2-12-27-21(26)17-15-10-4-3-5-11-16(15)28-19(17)22-18(23)13-8-6-7-9-14(13)20(24)25/h13-14H,2-12H2,1H3,(H,22,23)(H,24,25). The number of hydrogen-bond acceptors (Lipinski definition) is 5. The normalized spacial score (nSPS) is 22.0. The summed E-state index contributed by atoms with van der Waals surface area (Å²) in [5, 5.41) is 12.9. The van der Waals surface area contributed by atoms with Crippen LogP contribution in [0.2, 0.25) is 0 Å². The third-order valence-corrected chi connectivity index (χ3v) is 6.93. The first-order chi connectivity index (χ1) is 13.5. The summed E-state index contributed by atoms with van der Waals surface area (Å²) in [6.45, 7) is 2.29. The van der Waals surface area contributed by atoms with Crippen LogP contribution >= 0.6 is 11.3 Å². The first-order valence-corrected chi connectivity index (χ1v) is 11.2. The Bertz CT molecular complexity index is 741. The molecule has 6 nitrogen and oxygen atoms in total. The highest BCUT2D eigenvalue weighted by Crippen LogP contribution is 2.39. The lowest BCUT2D eigenvalue weighted by Crippen LogP contribution is -2.36. The molecule has 2 unspecified atom stereocenters. The second-order valence-corrected chi connectivity index (χ2v) is 8.83. The van der Waals surface area contributed by atoms with Crippen molar-refractivity contribution in [1.82, 2.24) is 0 Å². The molecule has 0 bridgehead atoms. The van der Waals surface area contributed by atoms with Crippen LogP contribution in [-0.2, 0) is 27.2 Å². The average Bonchev–Trinajstić information content (AvgIpc) is 2.86. The summed E-state index contributed by atoms with van der Waals surface area (Å²) in [6.07, 6.45) is 8.49. The van der Waals surface area contributed by atoms with Crippen LogP contribution in [-0.4, -0.2) is 29.6 Å². The molecular formula is C21H29NO5S. The maximum atomic E-state index is 12.9. The monoisotopic (exact) mass is 407 g/mol. The second kappa shape index (κ2) is 9.54. The number of amides is 1. The van der Waals surface area contributed by atoms with Crippen LogP contribution in [0.3, 0.4) is 0 Å². The molecule has 0 radical (unpaired) electrons. The first kappa shape index (κ1) is 20.8. The molecule has 2 aliphatic rings. The van der Waals surface area contributed by atoms with Gasteiger partial charge >= 0.3 is 11.9 Å². The Morgan fingerprint density at radius 2 is 1.79 bits per heavy atom. The Kier molecular flexibility index (Phi) is 7.10. The minimum absolute atomic E-state index is 0.284. The zero-order valence-corrected chi connectivity index (χ0v) is 17.2. The third-order valence-electron chi connectivity index (χ3n) is 5.72. The minimum atomic E-state index is -0.913. The molecule has 0 saturated heterocycles. The molecule has 2 N–H and O–H groups in total. The van der Waals surface area contributed by atoms with Crippen LogP contribution in [0.15, 0.2) is 0 Å². The van der Waals surface area contributed by atoms with Gasteiger partial charge < -0.3 is 15.2 Å². The number of aryl methyl sites for hydroxylation is 1. The average molecular weight is 408 g/mol. The number of fused-ring (bicyclic) bond motifs is 1. The molecule has 2 atom stereocenters. The summed E-state index contributed by atoms with van der Waals surface area (Å²) >= 11 is 1.46. The highest BCUT2D eigenvalue weighted by atomic mass is 32.1. The summed E-state index contributed by atoms with van der Waals surface area (Å²) < 4.78 is 5.39. The van der Waals surface area contributed by atoms with Gasteiger partial charge in [-0.05, 0) is 50.5 Å². The second-order valence-electron chi connectivity index (χ2n) is 7.73. The molecule has 1 aromatic rings. The van der Waals surface area contributed by atoms with Crippen molar-refractivity contribution in [3.05, 3.63) is 16.0 Å². The number of carboxylic acids is 1. The Hall–Kier alpha value is -1.89. The van der Waals surface area contributed by atoms with Crippen LogP contribution in [0, 0.1) is 11.8 Å². The SMILES string of the molecule is CCCOC(=O)c1c(NC(=O)C2CCCCC2C(=O)O)sc2c1CCCCC2. The van der Waals surface area contributed by atoms with Crippen LogP contribution in [0.5, 0.6) is 0 Å². The van der Waals surface area contributed by atoms with Crippen molar-refractivity contribution in [2.24, 2.45) is 11.8 Å². The van der Waals surface area contributed by atoms with E-state index in [1.54, 1.807) is 0 Å². The van der Waals surface area contributed by atoms with Gasteiger partial charge in [0.15, 0.2) is 0 Å². The molecule has 1 saturated carbocycles. The highest BCUT2D eigenvalue weighted by Gasteiger charge is 2.37. The molecule has 1 fully saturated rings. The van der Waals surface area contributed by atoms with Gasteiger partial charge in [-0.1, -0.05) is 26.2 Å². The van der Waals surface area contributed by atoms with Crippen LogP contribution in [0.4, 0.5) is 5.00 Å². The van der Waals surface area contributed by atoms with Crippen molar-refractivity contribution < 1.29 is 24.2 Å². The summed E-state index contributed by atoms with van der Waals surface area (Å²) in [7, 11) is 0. The van der Waals surface area contributed by atoms with E-state index in [1.165, 1.54) is 11.3 Å². The predicted molar refractivity (Wildman–Crippen MR) is 108 cm³/mol. The molecule has 3 rings (SSSR count). The summed E-state index contributed by atoms with van der Waals surface area (Å²) in [5.74, 6) is -2.78. The summed E-state index contributed by atoms with van der Waals surface area (Å²) in [6, 6.07) is 0. The number of hydrogen-bond donors (Lipinski definition) is 2. The number of carbonyl (C=O) groups excluding carboxylic acids is 2. The van der Waals surface area contributed by atoms with Crippen molar-refractivity contribution >= 4 is 34.2 Å². The molecule has 2 aliphatic carbocycles. The van der Waals surface area contributed by atoms with E-state index in [4.69, 9.17) is 4.74 Å². The topological polar surface area (TPSA) is 92.7 Å². The number of esters is 1. The van der Waals surface area contributed by atoms with Gasteiger partial charge in [-0.2, -0.15) is 0 Å². The van der Waals surface area contributed by atoms with Gasteiger partial charge in [0.25, 0.3) is 0 Å². The Morgan fingerprint density at radius 1 is 1.07 bits per heavy atom. The number of carbonyl (C=O) groups is 3. The lowest BCUT2D eigenvalue weighted by molar-refractivity contribution is -0.147. The van der Waals surface area contributed by atoms with E-state index in [2.05, 4.69) is 5.32 Å². The van der Waals surface area contributed by atoms with Gasteiger partial charge in [0.2, 0.25) is 5.91 Å². The minimum Gasteiger partial charge on any atom is -0.481 e. The third kappa shape index (κ3) is 4.57. The number of aliphatic carboxylic acids is 1. The molecule has 1 heterocycles. The fourth-order valence-electron chi connectivity index (χ4n) is 4.26. The molecule has 0 aromatic carbocycles. The number of rotatable bonds is 6. The van der Waals surface area contributed by atoms with E-state index < -0.39 is 17.8 Å². The van der Waals surface area contributed by atoms with Crippen molar-refractivity contribution in [2.45, 2.75) is 71.1 Å². The molecular weight excluding hydrogens is 378 g/mol. The summed E-state index contributed by atoms with van der Waals surface area (Å²) in [5.41, 5.74) is 1.50. The van der Waals surface area contributed by atoms with Gasteiger partial charge in [0.05, 0.1) is 24.0 Å². The highest BCUT2D eigenvalue weighted by molar-refractivity contribution is 7.17. The zero-order valence-electron chi connectivity index (χ0n) is 16.4. The maximum absolute atomic E-state index is 12.9. The molecule has 154 valence electrons. The van der Waals surface area contributed by atoms with Crippen LogP contribution < -0.4 is 5.32 Å². The number of nitrogens with one attached hydrogen (secondary N) is 1. The van der Waals surface area contributed by atoms with Crippen molar-refractivity contribution in [1.29, 1.82) is 0 Å². The Balaban J connectivity index is 1.86. The van der Waals surface area contributed by atoms with E-state index in [0.29, 0.717) is 30.0 Å². The van der Waals surface area contributed by atoms with E-state index in [1.807, 2.05) is 6.92 Å². The smallest absolute Gasteiger partial charge is 0.341 e. The van der Waals surface area contributed by atoms with Crippen molar-refractivity contribution in [3.63, 3.8) is 0 Å². The fraction of sp³-hybridized carbons (Fsp3) is 0.667. The summed E-state index contributed by atoms with van der Waals surface area (Å²) in [4.78, 5) is 38.4. The van der Waals surface area contributed by atoms with Gasteiger partial charge in [-0.3, -0.25) is 9.59 Å². The van der Waals surface area contributed by atoms with E-state index in [9.17, 15) is 19.5 Å². The Labute approximate surface area is 169 Å². The van der Waals surface area contributed by atoms with Crippen molar-refractivity contribution in [2.75, 3.05) is 11.9 Å². The number of anilines is 1. The van der Waals surface area contributed by atoms with E-state index in [-0.39, 0.29) is 11.9 Å². The molecule has 1 aromatic heterocycles. The number of ether oxygens (including phenoxy) is 1. The lowest BCUT2D eigenvalue weighted by Gasteiger charge is -2.27. The first-order valence-electron chi connectivity index (χ1n) is 10.4. The molecule has 28 heavy (non-hydrogen) atoms. The lowest BCUT2D eigenvalue weighted by atomic mass is 9.79. The van der Waals surface area contributed by atoms with Crippen LogP contribution in [0.25, 0.3) is 0 Å². The fourth-order valence-corrected chi connectivity index (χ4v) is 5.54. The van der Waals surface area contributed by atoms with E-state index in [0.717, 1.165) is 61.8 Å². The number of carboxylic acid groups (broad SMARTS) is 1. The van der Waals surface area contributed by atoms with Gasteiger partial charge in [0, 0.05) is 4.88 Å². The maximum Gasteiger partial charge on any atom is 0.341 e.